The van der Waals surface area contributed by atoms with Gasteiger partial charge in [-0.1, -0.05) is 19.3 Å². The normalized spacial score (nSPS) is 18.5. The molecule has 0 aromatic heterocycles. The van der Waals surface area contributed by atoms with Crippen molar-refractivity contribution in [3.05, 3.63) is 34.9 Å². The number of aromatic carboxylic acids is 1. The Bertz CT molecular complexity index is 735. The number of rotatable bonds is 4. The van der Waals surface area contributed by atoms with Crippen molar-refractivity contribution in [2.24, 2.45) is 0 Å². The Hall–Kier alpha value is -2.57. The molecule has 1 aromatic carbocycles. The Morgan fingerprint density at radius 3 is 2.07 bits per heavy atom. The number of likely N-dealkylation sites (tertiary alicyclic amines) is 1. The van der Waals surface area contributed by atoms with Gasteiger partial charge in [0.25, 0.3) is 5.91 Å². The lowest BCUT2D eigenvalue weighted by atomic mass is 9.96. The number of carbonyl (C=O) groups excluding carboxylic acids is 2. The summed E-state index contributed by atoms with van der Waals surface area (Å²) in [7, 11) is 0. The molecule has 1 aliphatic heterocycles. The van der Waals surface area contributed by atoms with E-state index in [4.69, 9.17) is 0 Å². The molecule has 0 radical (unpaired) electrons. The standard InChI is InChI=1S/C21H29N3O4/c1-14-11-15(13-16(12-14)20(26)27)19(25)24-9-7-18(8-10-24)23-21(28)22-17-5-3-2-4-6-17/h11-13,17-18H,2-10H2,1H3,(H,26,27)(H2,22,23,28). The van der Waals surface area contributed by atoms with Crippen LogP contribution in [0.1, 0.15) is 71.2 Å². The fourth-order valence-corrected chi connectivity index (χ4v) is 4.10. The summed E-state index contributed by atoms with van der Waals surface area (Å²) in [6.45, 7) is 2.87. The van der Waals surface area contributed by atoms with E-state index in [1.54, 1.807) is 24.0 Å². The predicted molar refractivity (Wildman–Crippen MR) is 106 cm³/mol. The number of piperidine rings is 1. The third-order valence-electron chi connectivity index (χ3n) is 5.63. The molecule has 0 spiro atoms. The van der Waals surface area contributed by atoms with Gasteiger partial charge in [0.05, 0.1) is 5.56 Å². The first-order valence-electron chi connectivity index (χ1n) is 10.1. The molecule has 1 saturated carbocycles. The van der Waals surface area contributed by atoms with Crippen molar-refractivity contribution in [1.29, 1.82) is 0 Å². The van der Waals surface area contributed by atoms with Crippen LogP contribution >= 0.6 is 0 Å². The van der Waals surface area contributed by atoms with Crippen molar-refractivity contribution in [3.8, 4) is 0 Å². The lowest BCUT2D eigenvalue weighted by molar-refractivity contribution is 0.0696. The van der Waals surface area contributed by atoms with Crippen molar-refractivity contribution in [1.82, 2.24) is 15.5 Å². The first-order chi connectivity index (χ1) is 13.4. The fraction of sp³-hybridized carbons (Fsp3) is 0.571. The third-order valence-corrected chi connectivity index (χ3v) is 5.63. The Labute approximate surface area is 165 Å². The number of hydrogen-bond acceptors (Lipinski definition) is 3. The van der Waals surface area contributed by atoms with Crippen molar-refractivity contribution < 1.29 is 19.5 Å². The molecule has 1 aliphatic carbocycles. The molecule has 152 valence electrons. The highest BCUT2D eigenvalue weighted by atomic mass is 16.4. The highest BCUT2D eigenvalue weighted by Crippen LogP contribution is 2.18. The lowest BCUT2D eigenvalue weighted by Gasteiger charge is -2.33. The van der Waals surface area contributed by atoms with Crippen LogP contribution in [0.4, 0.5) is 4.79 Å². The summed E-state index contributed by atoms with van der Waals surface area (Å²) in [6, 6.07) is 4.93. The summed E-state index contributed by atoms with van der Waals surface area (Å²) < 4.78 is 0. The van der Waals surface area contributed by atoms with E-state index in [0.717, 1.165) is 18.4 Å². The average Bonchev–Trinajstić information content (AvgIpc) is 2.68. The van der Waals surface area contributed by atoms with E-state index in [1.807, 2.05) is 0 Å². The highest BCUT2D eigenvalue weighted by molar-refractivity contribution is 5.97. The smallest absolute Gasteiger partial charge is 0.335 e. The van der Waals surface area contributed by atoms with E-state index in [0.29, 0.717) is 31.5 Å². The van der Waals surface area contributed by atoms with Crippen molar-refractivity contribution >= 4 is 17.9 Å². The molecular formula is C21H29N3O4. The lowest BCUT2D eigenvalue weighted by Crippen LogP contribution is -2.51. The highest BCUT2D eigenvalue weighted by Gasteiger charge is 2.26. The minimum absolute atomic E-state index is 0.0553. The van der Waals surface area contributed by atoms with E-state index in [9.17, 15) is 19.5 Å². The second kappa shape index (κ2) is 9.08. The Kier molecular flexibility index (Phi) is 6.54. The predicted octanol–water partition coefficient (Wildman–Crippen LogP) is 2.93. The van der Waals surface area contributed by atoms with Gasteiger partial charge in [-0.05, 0) is 56.4 Å². The van der Waals surface area contributed by atoms with Gasteiger partial charge in [-0.2, -0.15) is 0 Å². The number of urea groups is 1. The molecule has 3 N–H and O–H groups in total. The minimum atomic E-state index is -1.04. The number of amides is 3. The van der Waals surface area contributed by atoms with Crippen molar-refractivity contribution in [2.45, 2.75) is 64.0 Å². The maximum absolute atomic E-state index is 12.8. The van der Waals surface area contributed by atoms with Gasteiger partial charge in [0.15, 0.2) is 0 Å². The van der Waals surface area contributed by atoms with Crippen LogP contribution in [-0.4, -0.2) is 53.1 Å². The first-order valence-corrected chi connectivity index (χ1v) is 10.1. The Balaban J connectivity index is 1.50. The van der Waals surface area contributed by atoms with Gasteiger partial charge in [0.2, 0.25) is 0 Å². The molecule has 0 atom stereocenters. The zero-order chi connectivity index (χ0) is 20.1. The van der Waals surface area contributed by atoms with Crippen LogP contribution in [-0.2, 0) is 0 Å². The van der Waals surface area contributed by atoms with Gasteiger partial charge < -0.3 is 20.6 Å². The van der Waals surface area contributed by atoms with Gasteiger partial charge in [-0.15, -0.1) is 0 Å². The summed E-state index contributed by atoms with van der Waals surface area (Å²) in [5.74, 6) is -1.19. The average molecular weight is 387 g/mol. The molecule has 28 heavy (non-hydrogen) atoms. The number of aryl methyl sites for hydroxylation is 1. The topological polar surface area (TPSA) is 98.7 Å². The number of carbonyl (C=O) groups is 3. The number of nitrogens with one attached hydrogen (secondary N) is 2. The molecule has 7 heteroatoms. The van der Waals surface area contributed by atoms with E-state index in [2.05, 4.69) is 10.6 Å². The van der Waals surface area contributed by atoms with E-state index < -0.39 is 5.97 Å². The molecule has 3 rings (SSSR count). The SMILES string of the molecule is Cc1cc(C(=O)O)cc(C(=O)N2CCC(NC(=O)NC3CCCCC3)CC2)c1. The van der Waals surface area contributed by atoms with Crippen molar-refractivity contribution in [3.63, 3.8) is 0 Å². The van der Waals surface area contributed by atoms with Gasteiger partial charge in [-0.25, -0.2) is 9.59 Å². The molecular weight excluding hydrogens is 358 g/mol. The van der Waals surface area contributed by atoms with Gasteiger partial charge in [0, 0.05) is 30.7 Å². The molecule has 2 fully saturated rings. The van der Waals surface area contributed by atoms with Crippen LogP contribution in [0.5, 0.6) is 0 Å². The molecule has 0 bridgehead atoms. The quantitative estimate of drug-likeness (QED) is 0.740. The molecule has 1 saturated heterocycles. The zero-order valence-electron chi connectivity index (χ0n) is 16.4. The van der Waals surface area contributed by atoms with Gasteiger partial charge >= 0.3 is 12.0 Å². The van der Waals surface area contributed by atoms with E-state index >= 15 is 0 Å². The number of carboxylic acids is 1. The molecule has 0 unspecified atom stereocenters. The molecule has 1 aromatic rings. The van der Waals surface area contributed by atoms with Crippen LogP contribution < -0.4 is 10.6 Å². The summed E-state index contributed by atoms with van der Waals surface area (Å²) >= 11 is 0. The maximum atomic E-state index is 12.8. The molecule has 2 aliphatic rings. The van der Waals surface area contributed by atoms with Crippen LogP contribution in [0, 0.1) is 6.92 Å². The van der Waals surface area contributed by atoms with Gasteiger partial charge in [0.1, 0.15) is 0 Å². The summed E-state index contributed by atoms with van der Waals surface area (Å²) in [5.41, 5.74) is 1.28. The monoisotopic (exact) mass is 387 g/mol. The second-order valence-corrected chi connectivity index (χ2v) is 7.91. The first kappa shape index (κ1) is 20.2. The number of benzene rings is 1. The third kappa shape index (κ3) is 5.24. The molecule has 1 heterocycles. The minimum Gasteiger partial charge on any atom is -0.478 e. The second-order valence-electron chi connectivity index (χ2n) is 7.91. The van der Waals surface area contributed by atoms with Crippen LogP contribution in [0.15, 0.2) is 18.2 Å². The molecule has 7 nitrogen and oxygen atoms in total. The zero-order valence-corrected chi connectivity index (χ0v) is 16.4. The summed E-state index contributed by atoms with van der Waals surface area (Å²) in [5, 5.41) is 15.3. The van der Waals surface area contributed by atoms with Gasteiger partial charge in [-0.3, -0.25) is 4.79 Å². The number of carboxylic acid groups (broad SMARTS) is 1. The fourth-order valence-electron chi connectivity index (χ4n) is 4.10. The number of hydrogen-bond donors (Lipinski definition) is 3. The van der Waals surface area contributed by atoms with Crippen LogP contribution in [0.2, 0.25) is 0 Å². The van der Waals surface area contributed by atoms with E-state index in [-0.39, 0.29) is 29.6 Å². The Morgan fingerprint density at radius 2 is 1.46 bits per heavy atom. The summed E-state index contributed by atoms with van der Waals surface area (Å²) in [4.78, 5) is 37.9. The summed E-state index contributed by atoms with van der Waals surface area (Å²) in [6.07, 6.45) is 7.09. The number of nitrogens with zero attached hydrogens (tertiary/aromatic N) is 1. The maximum Gasteiger partial charge on any atom is 0.335 e. The Morgan fingerprint density at radius 1 is 0.893 bits per heavy atom. The van der Waals surface area contributed by atoms with Crippen molar-refractivity contribution in [2.75, 3.05) is 13.1 Å². The van der Waals surface area contributed by atoms with E-state index in [1.165, 1.54) is 25.3 Å². The van der Waals surface area contributed by atoms with Crippen LogP contribution in [0.3, 0.4) is 0 Å². The molecule has 3 amide bonds. The van der Waals surface area contributed by atoms with Crippen LogP contribution in [0.25, 0.3) is 0 Å². The largest absolute Gasteiger partial charge is 0.478 e.